The topological polar surface area (TPSA) is 47.4 Å². The van der Waals surface area contributed by atoms with Crippen LogP contribution in [0.1, 0.15) is 42.5 Å². The highest BCUT2D eigenvalue weighted by atomic mass is 16.5. The first-order valence-electron chi connectivity index (χ1n) is 6.68. The number of carbonyl (C=O) groups is 1. The number of aromatic nitrogens is 2. The summed E-state index contributed by atoms with van der Waals surface area (Å²) < 4.78 is 7.60. The summed E-state index contributed by atoms with van der Waals surface area (Å²) in [6.45, 7) is 11.1. The largest absolute Gasteiger partial charge is 0.369 e. The van der Waals surface area contributed by atoms with E-state index >= 15 is 0 Å². The van der Waals surface area contributed by atoms with Gasteiger partial charge in [-0.05, 0) is 34.6 Å². The molecule has 2 rings (SSSR count). The van der Waals surface area contributed by atoms with Gasteiger partial charge in [-0.2, -0.15) is 5.10 Å². The van der Waals surface area contributed by atoms with Crippen LogP contribution in [0.3, 0.4) is 0 Å². The number of carbonyl (C=O) groups excluding carboxylic acids is 1. The number of ether oxygens (including phenoxy) is 1. The fourth-order valence-electron chi connectivity index (χ4n) is 2.85. The highest BCUT2D eigenvalue weighted by Gasteiger charge is 2.35. The van der Waals surface area contributed by atoms with Crippen molar-refractivity contribution in [3.63, 3.8) is 0 Å². The van der Waals surface area contributed by atoms with E-state index in [4.69, 9.17) is 4.74 Å². The van der Waals surface area contributed by atoms with Crippen LogP contribution in [0.15, 0.2) is 0 Å². The molecule has 1 aromatic heterocycles. The molecule has 106 valence electrons. The lowest BCUT2D eigenvalue weighted by Gasteiger charge is -2.41. The van der Waals surface area contributed by atoms with Crippen molar-refractivity contribution in [3.05, 3.63) is 17.0 Å². The lowest BCUT2D eigenvalue weighted by atomic mass is 10.0. The Hall–Kier alpha value is -1.36. The van der Waals surface area contributed by atoms with Gasteiger partial charge in [0.25, 0.3) is 5.91 Å². The van der Waals surface area contributed by atoms with E-state index in [1.807, 2.05) is 46.6 Å². The maximum absolute atomic E-state index is 12.7. The van der Waals surface area contributed by atoms with Crippen LogP contribution in [-0.2, 0) is 11.8 Å². The minimum absolute atomic E-state index is 0.0602. The molecule has 1 aromatic rings. The minimum atomic E-state index is -0.294. The molecular formula is C14H23N3O2. The lowest BCUT2D eigenvalue weighted by molar-refractivity contribution is -0.118. The second-order valence-corrected chi connectivity index (χ2v) is 6.04. The molecule has 0 radical (unpaired) electrons. The predicted octanol–water partition coefficient (Wildman–Crippen LogP) is 1.68. The highest BCUT2D eigenvalue weighted by Crippen LogP contribution is 2.24. The molecule has 1 aliphatic rings. The highest BCUT2D eigenvalue weighted by molar-refractivity contribution is 5.96. The van der Waals surface area contributed by atoms with Crippen LogP contribution in [0.4, 0.5) is 0 Å². The zero-order valence-electron chi connectivity index (χ0n) is 12.6. The number of nitrogens with zero attached hydrogens (tertiary/aromatic N) is 3. The van der Waals surface area contributed by atoms with Crippen molar-refractivity contribution >= 4 is 5.91 Å². The summed E-state index contributed by atoms with van der Waals surface area (Å²) in [5.74, 6) is 0.0614. The van der Waals surface area contributed by atoms with Crippen LogP contribution < -0.4 is 0 Å². The van der Waals surface area contributed by atoms with Crippen molar-refractivity contribution in [1.29, 1.82) is 0 Å². The third-order valence-corrected chi connectivity index (χ3v) is 3.58. The molecule has 0 spiro atoms. The molecule has 1 unspecified atom stereocenters. The molecule has 1 atom stereocenters. The Morgan fingerprint density at radius 3 is 2.53 bits per heavy atom. The van der Waals surface area contributed by atoms with Gasteiger partial charge in [-0.15, -0.1) is 0 Å². The fourth-order valence-corrected chi connectivity index (χ4v) is 2.85. The number of morpholine rings is 1. The molecule has 0 aliphatic carbocycles. The van der Waals surface area contributed by atoms with E-state index in [0.29, 0.717) is 13.1 Å². The van der Waals surface area contributed by atoms with E-state index in [9.17, 15) is 4.79 Å². The summed E-state index contributed by atoms with van der Waals surface area (Å²) in [5, 5.41) is 4.32. The van der Waals surface area contributed by atoms with Crippen LogP contribution in [0.25, 0.3) is 0 Å². The maximum atomic E-state index is 12.7. The van der Waals surface area contributed by atoms with E-state index in [0.717, 1.165) is 17.0 Å². The molecule has 0 saturated carbocycles. The Morgan fingerprint density at radius 2 is 2.05 bits per heavy atom. The first-order valence-corrected chi connectivity index (χ1v) is 6.68. The van der Waals surface area contributed by atoms with Gasteiger partial charge in [0.2, 0.25) is 0 Å². The van der Waals surface area contributed by atoms with Gasteiger partial charge in [0.1, 0.15) is 0 Å². The van der Waals surface area contributed by atoms with Crippen LogP contribution in [-0.4, -0.2) is 45.4 Å². The Bertz CT molecular complexity index is 505. The summed E-state index contributed by atoms with van der Waals surface area (Å²) in [4.78, 5) is 14.6. The number of rotatable bonds is 1. The third-order valence-electron chi connectivity index (χ3n) is 3.58. The molecule has 19 heavy (non-hydrogen) atoms. The Balaban J connectivity index is 2.29. The molecule has 2 heterocycles. The van der Waals surface area contributed by atoms with Crippen molar-refractivity contribution in [3.8, 4) is 0 Å². The fraction of sp³-hybridized carbons (Fsp3) is 0.714. The number of amides is 1. The van der Waals surface area contributed by atoms with Gasteiger partial charge < -0.3 is 9.64 Å². The molecule has 1 aliphatic heterocycles. The molecular weight excluding hydrogens is 242 g/mol. The van der Waals surface area contributed by atoms with Crippen LogP contribution >= 0.6 is 0 Å². The molecule has 1 saturated heterocycles. The SMILES string of the molecule is Cc1nn(C)c(C)c1C(=O)N1CC(C)OC(C)(C)C1. The first-order chi connectivity index (χ1) is 8.71. The summed E-state index contributed by atoms with van der Waals surface area (Å²) in [6.07, 6.45) is 0.0602. The van der Waals surface area contributed by atoms with E-state index in [1.54, 1.807) is 4.68 Å². The number of hydrogen-bond acceptors (Lipinski definition) is 3. The second kappa shape index (κ2) is 4.63. The van der Waals surface area contributed by atoms with Crippen molar-refractivity contribution in [2.75, 3.05) is 13.1 Å². The first kappa shape index (κ1) is 14.1. The molecule has 5 nitrogen and oxygen atoms in total. The lowest BCUT2D eigenvalue weighted by Crippen LogP contribution is -2.53. The van der Waals surface area contributed by atoms with Crippen molar-refractivity contribution < 1.29 is 9.53 Å². The van der Waals surface area contributed by atoms with Gasteiger partial charge in [0, 0.05) is 25.8 Å². The Morgan fingerprint density at radius 1 is 1.42 bits per heavy atom. The molecule has 1 amide bonds. The van der Waals surface area contributed by atoms with Crippen LogP contribution in [0.2, 0.25) is 0 Å². The van der Waals surface area contributed by atoms with Gasteiger partial charge in [-0.25, -0.2) is 0 Å². The third kappa shape index (κ3) is 2.66. The average Bonchev–Trinajstić information content (AvgIpc) is 2.49. The smallest absolute Gasteiger partial charge is 0.257 e. The Kier molecular flexibility index (Phi) is 3.43. The quantitative estimate of drug-likeness (QED) is 0.776. The van der Waals surface area contributed by atoms with Crippen LogP contribution in [0, 0.1) is 13.8 Å². The van der Waals surface area contributed by atoms with E-state index < -0.39 is 0 Å². The molecule has 5 heteroatoms. The Labute approximate surface area is 114 Å². The van der Waals surface area contributed by atoms with Gasteiger partial charge >= 0.3 is 0 Å². The average molecular weight is 265 g/mol. The standard InChI is InChI=1S/C14H23N3O2/c1-9-7-17(8-14(4,5)19-9)13(18)12-10(2)15-16(6)11(12)3/h9H,7-8H2,1-6H3. The maximum Gasteiger partial charge on any atom is 0.257 e. The number of hydrogen-bond donors (Lipinski definition) is 0. The van der Waals surface area contributed by atoms with Gasteiger partial charge in [-0.3, -0.25) is 9.48 Å². The van der Waals surface area contributed by atoms with Gasteiger partial charge in [0.05, 0.1) is 23.0 Å². The van der Waals surface area contributed by atoms with Crippen molar-refractivity contribution in [2.45, 2.75) is 46.3 Å². The summed E-state index contributed by atoms with van der Waals surface area (Å²) in [5.41, 5.74) is 2.14. The van der Waals surface area contributed by atoms with E-state index in [-0.39, 0.29) is 17.6 Å². The normalized spacial score (nSPS) is 22.6. The van der Waals surface area contributed by atoms with E-state index in [1.165, 1.54) is 0 Å². The summed E-state index contributed by atoms with van der Waals surface area (Å²) in [6, 6.07) is 0. The van der Waals surface area contributed by atoms with Gasteiger partial charge in [-0.1, -0.05) is 0 Å². The molecule has 1 fully saturated rings. The second-order valence-electron chi connectivity index (χ2n) is 6.04. The monoisotopic (exact) mass is 265 g/mol. The van der Waals surface area contributed by atoms with Gasteiger partial charge in [0.15, 0.2) is 0 Å². The minimum Gasteiger partial charge on any atom is -0.369 e. The summed E-state index contributed by atoms with van der Waals surface area (Å²) >= 11 is 0. The van der Waals surface area contributed by atoms with E-state index in [2.05, 4.69) is 5.10 Å². The molecule has 0 N–H and O–H groups in total. The molecule has 0 aromatic carbocycles. The predicted molar refractivity (Wildman–Crippen MR) is 73.2 cm³/mol. The molecule has 0 bridgehead atoms. The van der Waals surface area contributed by atoms with Crippen molar-refractivity contribution in [2.24, 2.45) is 7.05 Å². The zero-order valence-corrected chi connectivity index (χ0v) is 12.6. The van der Waals surface area contributed by atoms with Crippen molar-refractivity contribution in [1.82, 2.24) is 14.7 Å². The summed E-state index contributed by atoms with van der Waals surface area (Å²) in [7, 11) is 1.87. The number of aryl methyl sites for hydroxylation is 2. The zero-order chi connectivity index (χ0) is 14.4. The van der Waals surface area contributed by atoms with Crippen LogP contribution in [0.5, 0.6) is 0 Å².